The highest BCUT2D eigenvalue weighted by molar-refractivity contribution is 5.87. The van der Waals surface area contributed by atoms with E-state index < -0.39 is 5.97 Å². The van der Waals surface area contributed by atoms with Crippen molar-refractivity contribution < 1.29 is 9.53 Å². The SMILES string of the molecule is CCCN(CCC)c1nccc(C(=O)OC(C)C)n1. The van der Waals surface area contributed by atoms with Crippen LogP contribution in [0.5, 0.6) is 0 Å². The molecule has 5 heteroatoms. The van der Waals surface area contributed by atoms with Gasteiger partial charge in [-0.05, 0) is 32.8 Å². The Morgan fingerprint density at radius 1 is 1.32 bits per heavy atom. The Balaban J connectivity index is 2.88. The quantitative estimate of drug-likeness (QED) is 0.709. The normalized spacial score (nSPS) is 10.6. The molecule has 0 aliphatic rings. The fourth-order valence-corrected chi connectivity index (χ4v) is 1.74. The minimum atomic E-state index is -0.397. The van der Waals surface area contributed by atoms with Crippen LogP contribution >= 0.6 is 0 Å². The monoisotopic (exact) mass is 265 g/mol. The van der Waals surface area contributed by atoms with E-state index in [9.17, 15) is 4.79 Å². The first-order valence-corrected chi connectivity index (χ1v) is 6.87. The molecule has 0 aliphatic carbocycles. The maximum absolute atomic E-state index is 11.8. The van der Waals surface area contributed by atoms with Crippen molar-refractivity contribution >= 4 is 11.9 Å². The molecule has 0 aromatic carbocycles. The van der Waals surface area contributed by atoms with Gasteiger partial charge in [-0.15, -0.1) is 0 Å². The summed E-state index contributed by atoms with van der Waals surface area (Å²) in [6.07, 6.45) is 3.50. The summed E-state index contributed by atoms with van der Waals surface area (Å²) in [7, 11) is 0. The molecule has 0 radical (unpaired) electrons. The summed E-state index contributed by atoms with van der Waals surface area (Å²) in [4.78, 5) is 22.5. The molecule has 0 bridgehead atoms. The molecule has 0 saturated heterocycles. The summed E-state index contributed by atoms with van der Waals surface area (Å²) < 4.78 is 5.14. The molecule has 1 rings (SSSR count). The lowest BCUT2D eigenvalue weighted by Crippen LogP contribution is -2.27. The van der Waals surface area contributed by atoms with Crippen molar-refractivity contribution in [3.05, 3.63) is 18.0 Å². The zero-order valence-corrected chi connectivity index (χ0v) is 12.2. The maximum atomic E-state index is 11.8. The van der Waals surface area contributed by atoms with Crippen LogP contribution in [0.4, 0.5) is 5.95 Å². The van der Waals surface area contributed by atoms with Gasteiger partial charge in [-0.25, -0.2) is 14.8 Å². The summed E-state index contributed by atoms with van der Waals surface area (Å²) in [6, 6.07) is 1.59. The van der Waals surface area contributed by atoms with Gasteiger partial charge in [-0.3, -0.25) is 0 Å². The lowest BCUT2D eigenvalue weighted by atomic mass is 10.3. The van der Waals surface area contributed by atoms with Crippen molar-refractivity contribution in [2.45, 2.75) is 46.6 Å². The minimum Gasteiger partial charge on any atom is -0.458 e. The average molecular weight is 265 g/mol. The highest BCUT2D eigenvalue weighted by Gasteiger charge is 2.14. The number of aromatic nitrogens is 2. The molecule has 1 aromatic heterocycles. The molecule has 106 valence electrons. The molecule has 0 fully saturated rings. The molecule has 19 heavy (non-hydrogen) atoms. The molecule has 0 unspecified atom stereocenters. The predicted molar refractivity (Wildman–Crippen MR) is 75.4 cm³/mol. The standard InChI is InChI=1S/C14H23N3O2/c1-5-9-17(10-6-2)14-15-8-7-12(16-14)13(18)19-11(3)4/h7-8,11H,5-6,9-10H2,1-4H3. The van der Waals surface area contributed by atoms with Crippen LogP contribution in [0.1, 0.15) is 51.0 Å². The van der Waals surface area contributed by atoms with Gasteiger partial charge >= 0.3 is 5.97 Å². The lowest BCUT2D eigenvalue weighted by Gasteiger charge is -2.21. The Kier molecular flexibility index (Phi) is 6.25. The Hall–Kier alpha value is -1.65. The second kappa shape index (κ2) is 7.71. The number of hydrogen-bond acceptors (Lipinski definition) is 5. The number of hydrogen-bond donors (Lipinski definition) is 0. The van der Waals surface area contributed by atoms with E-state index in [-0.39, 0.29) is 6.10 Å². The second-order valence-corrected chi connectivity index (χ2v) is 4.68. The average Bonchev–Trinajstić information content (AvgIpc) is 2.38. The second-order valence-electron chi connectivity index (χ2n) is 4.68. The van der Waals surface area contributed by atoms with Crippen LogP contribution in [0.15, 0.2) is 12.3 Å². The van der Waals surface area contributed by atoms with Gasteiger partial charge in [-0.1, -0.05) is 13.8 Å². The molecule has 0 aliphatic heterocycles. The van der Waals surface area contributed by atoms with Gasteiger partial charge in [0, 0.05) is 19.3 Å². The molecule has 0 amide bonds. The summed E-state index contributed by atoms with van der Waals surface area (Å²) in [5, 5.41) is 0. The number of carbonyl (C=O) groups excluding carboxylic acids is 1. The van der Waals surface area contributed by atoms with Crippen LogP contribution in [-0.2, 0) is 4.74 Å². The van der Waals surface area contributed by atoms with E-state index in [0.717, 1.165) is 25.9 Å². The van der Waals surface area contributed by atoms with Crippen LogP contribution < -0.4 is 4.90 Å². The Morgan fingerprint density at radius 2 is 1.95 bits per heavy atom. The van der Waals surface area contributed by atoms with E-state index in [2.05, 4.69) is 28.7 Å². The Labute approximate surface area is 115 Å². The summed E-state index contributed by atoms with van der Waals surface area (Å²) in [5.74, 6) is 0.202. The summed E-state index contributed by atoms with van der Waals surface area (Å²) >= 11 is 0. The molecule has 1 aromatic rings. The van der Waals surface area contributed by atoms with Crippen molar-refractivity contribution in [3.8, 4) is 0 Å². The van der Waals surface area contributed by atoms with E-state index in [0.29, 0.717) is 11.6 Å². The van der Waals surface area contributed by atoms with Crippen molar-refractivity contribution in [2.75, 3.05) is 18.0 Å². The van der Waals surface area contributed by atoms with Crippen molar-refractivity contribution in [1.82, 2.24) is 9.97 Å². The van der Waals surface area contributed by atoms with Gasteiger partial charge in [0.25, 0.3) is 0 Å². The number of anilines is 1. The highest BCUT2D eigenvalue weighted by atomic mass is 16.5. The van der Waals surface area contributed by atoms with Crippen LogP contribution in [0.2, 0.25) is 0 Å². The number of rotatable bonds is 7. The number of carbonyl (C=O) groups is 1. The van der Waals surface area contributed by atoms with E-state index in [1.54, 1.807) is 12.3 Å². The van der Waals surface area contributed by atoms with Gasteiger partial charge in [0.15, 0.2) is 5.69 Å². The third-order valence-corrected chi connectivity index (χ3v) is 2.46. The third kappa shape index (κ3) is 4.85. The largest absolute Gasteiger partial charge is 0.458 e. The minimum absolute atomic E-state index is 0.145. The number of esters is 1. The number of ether oxygens (including phenoxy) is 1. The van der Waals surface area contributed by atoms with Gasteiger partial charge in [-0.2, -0.15) is 0 Å². The molecule has 0 atom stereocenters. The fraction of sp³-hybridized carbons (Fsp3) is 0.643. The van der Waals surface area contributed by atoms with E-state index >= 15 is 0 Å². The summed E-state index contributed by atoms with van der Waals surface area (Å²) in [6.45, 7) is 9.63. The van der Waals surface area contributed by atoms with Crippen molar-refractivity contribution in [1.29, 1.82) is 0 Å². The van der Waals surface area contributed by atoms with Crippen LogP contribution in [0.3, 0.4) is 0 Å². The Morgan fingerprint density at radius 3 is 2.47 bits per heavy atom. The first-order valence-electron chi connectivity index (χ1n) is 6.87. The molecule has 1 heterocycles. The Bertz CT molecular complexity index is 401. The van der Waals surface area contributed by atoms with Crippen molar-refractivity contribution in [2.24, 2.45) is 0 Å². The van der Waals surface area contributed by atoms with Crippen LogP contribution in [0.25, 0.3) is 0 Å². The molecule has 5 nitrogen and oxygen atoms in total. The molecular weight excluding hydrogens is 242 g/mol. The van der Waals surface area contributed by atoms with Gasteiger partial charge in [0.05, 0.1) is 6.10 Å². The first-order chi connectivity index (χ1) is 9.08. The molecule has 0 saturated carbocycles. The summed E-state index contributed by atoms with van der Waals surface area (Å²) in [5.41, 5.74) is 0.316. The van der Waals surface area contributed by atoms with Gasteiger partial charge in [0.2, 0.25) is 5.95 Å². The number of nitrogens with zero attached hydrogens (tertiary/aromatic N) is 3. The maximum Gasteiger partial charge on any atom is 0.357 e. The topological polar surface area (TPSA) is 55.3 Å². The van der Waals surface area contributed by atoms with E-state index in [1.807, 2.05) is 13.8 Å². The van der Waals surface area contributed by atoms with Gasteiger partial charge < -0.3 is 9.64 Å². The zero-order valence-electron chi connectivity index (χ0n) is 12.2. The van der Waals surface area contributed by atoms with Gasteiger partial charge in [0.1, 0.15) is 0 Å². The lowest BCUT2D eigenvalue weighted by molar-refractivity contribution is 0.0370. The van der Waals surface area contributed by atoms with Crippen LogP contribution in [-0.4, -0.2) is 35.1 Å². The predicted octanol–water partition coefficient (Wildman–Crippen LogP) is 2.67. The molecule has 0 spiro atoms. The zero-order chi connectivity index (χ0) is 14.3. The fourth-order valence-electron chi connectivity index (χ4n) is 1.74. The first kappa shape index (κ1) is 15.4. The van der Waals surface area contributed by atoms with E-state index in [1.165, 1.54) is 0 Å². The smallest absolute Gasteiger partial charge is 0.357 e. The molecule has 0 N–H and O–H groups in total. The highest BCUT2D eigenvalue weighted by Crippen LogP contribution is 2.10. The van der Waals surface area contributed by atoms with Crippen molar-refractivity contribution in [3.63, 3.8) is 0 Å². The third-order valence-electron chi connectivity index (χ3n) is 2.46. The van der Waals surface area contributed by atoms with E-state index in [4.69, 9.17) is 4.74 Å². The van der Waals surface area contributed by atoms with Crippen LogP contribution in [0, 0.1) is 0 Å². The molecular formula is C14H23N3O2.